The quantitative estimate of drug-likeness (QED) is 0.769. The molecule has 0 bridgehead atoms. The molecule has 1 amide bonds. The Hall–Kier alpha value is -2.65. The first-order chi connectivity index (χ1) is 10.2. The fraction of sp³-hybridized carbons (Fsp3) is 0.0556. The van der Waals surface area contributed by atoms with Crippen molar-refractivity contribution in [1.82, 2.24) is 0 Å². The van der Waals surface area contributed by atoms with Gasteiger partial charge in [-0.3, -0.25) is 4.79 Å². The molecule has 0 radical (unpaired) electrons. The zero-order valence-electron chi connectivity index (χ0n) is 11.5. The molecule has 104 valence electrons. The molecule has 3 N–H and O–H groups in total. The molecule has 0 saturated carbocycles. The molecule has 0 saturated heterocycles. The first-order valence-corrected chi connectivity index (χ1v) is 6.84. The molecular weight excluding hydrogens is 260 g/mol. The number of hydrogen-bond acceptors (Lipinski definition) is 2. The van der Waals surface area contributed by atoms with E-state index in [4.69, 9.17) is 5.73 Å². The molecule has 3 aromatic rings. The van der Waals surface area contributed by atoms with Gasteiger partial charge in [-0.2, -0.15) is 0 Å². The first kappa shape index (κ1) is 13.3. The number of rotatable bonds is 3. The van der Waals surface area contributed by atoms with Gasteiger partial charge in [-0.25, -0.2) is 0 Å². The standard InChI is InChI=1S/C18H16N2O/c19-17(14-7-2-1-3-8-14)18(21)20-16-11-10-13-6-4-5-9-15(13)12-16/h1-12,17H,19H2,(H,20,21)/t17-/m0/s1. The topological polar surface area (TPSA) is 55.1 Å². The van der Waals surface area contributed by atoms with Gasteiger partial charge in [0.05, 0.1) is 0 Å². The van der Waals surface area contributed by atoms with E-state index < -0.39 is 6.04 Å². The van der Waals surface area contributed by atoms with Crippen LogP contribution in [-0.2, 0) is 4.79 Å². The molecule has 0 aliphatic heterocycles. The number of carbonyl (C=O) groups is 1. The second kappa shape index (κ2) is 5.77. The number of carbonyl (C=O) groups excluding carboxylic acids is 1. The van der Waals surface area contributed by atoms with Crippen molar-refractivity contribution in [3.63, 3.8) is 0 Å². The lowest BCUT2D eigenvalue weighted by Gasteiger charge is -2.13. The molecule has 3 nitrogen and oxygen atoms in total. The summed E-state index contributed by atoms with van der Waals surface area (Å²) in [5.41, 5.74) is 7.54. The molecule has 0 aliphatic rings. The van der Waals surface area contributed by atoms with Gasteiger partial charge in [0.2, 0.25) is 5.91 Å². The molecule has 0 aliphatic carbocycles. The number of benzene rings is 3. The monoisotopic (exact) mass is 276 g/mol. The predicted octanol–water partition coefficient (Wildman–Crippen LogP) is 3.48. The van der Waals surface area contributed by atoms with Gasteiger partial charge >= 0.3 is 0 Å². The summed E-state index contributed by atoms with van der Waals surface area (Å²) < 4.78 is 0. The highest BCUT2D eigenvalue weighted by Crippen LogP contribution is 2.20. The van der Waals surface area contributed by atoms with Gasteiger partial charge in [0.1, 0.15) is 6.04 Å². The lowest BCUT2D eigenvalue weighted by Crippen LogP contribution is -2.27. The molecule has 3 heteroatoms. The Morgan fingerprint density at radius 1 is 0.857 bits per heavy atom. The maximum absolute atomic E-state index is 12.2. The second-order valence-electron chi connectivity index (χ2n) is 4.94. The lowest BCUT2D eigenvalue weighted by atomic mass is 10.1. The Balaban J connectivity index is 1.80. The van der Waals surface area contributed by atoms with E-state index in [0.717, 1.165) is 22.0 Å². The fourth-order valence-corrected chi connectivity index (χ4v) is 2.30. The highest BCUT2D eigenvalue weighted by atomic mass is 16.2. The summed E-state index contributed by atoms with van der Waals surface area (Å²) in [6.07, 6.45) is 0. The number of fused-ring (bicyclic) bond motifs is 1. The van der Waals surface area contributed by atoms with Crippen LogP contribution in [0.25, 0.3) is 10.8 Å². The van der Waals surface area contributed by atoms with E-state index in [9.17, 15) is 4.79 Å². The minimum absolute atomic E-state index is 0.212. The number of anilines is 1. The summed E-state index contributed by atoms with van der Waals surface area (Å²) in [5.74, 6) is -0.212. The lowest BCUT2D eigenvalue weighted by molar-refractivity contribution is -0.117. The van der Waals surface area contributed by atoms with Crippen molar-refractivity contribution in [1.29, 1.82) is 0 Å². The molecule has 0 heterocycles. The van der Waals surface area contributed by atoms with Gasteiger partial charge in [-0.15, -0.1) is 0 Å². The second-order valence-corrected chi connectivity index (χ2v) is 4.94. The normalized spacial score (nSPS) is 12.0. The minimum atomic E-state index is -0.669. The Morgan fingerprint density at radius 2 is 1.52 bits per heavy atom. The number of nitrogens with two attached hydrogens (primary N) is 1. The van der Waals surface area contributed by atoms with E-state index in [1.54, 1.807) is 0 Å². The molecular formula is C18H16N2O. The highest BCUT2D eigenvalue weighted by molar-refractivity contribution is 5.97. The van der Waals surface area contributed by atoms with Crippen LogP contribution < -0.4 is 11.1 Å². The van der Waals surface area contributed by atoms with Gasteiger partial charge in [-0.05, 0) is 28.5 Å². The van der Waals surface area contributed by atoms with Crippen LogP contribution in [0.5, 0.6) is 0 Å². The third-order valence-electron chi connectivity index (χ3n) is 3.46. The average molecular weight is 276 g/mol. The van der Waals surface area contributed by atoms with Crippen LogP contribution in [0.4, 0.5) is 5.69 Å². The summed E-state index contributed by atoms with van der Waals surface area (Å²) in [4.78, 5) is 12.2. The molecule has 0 spiro atoms. The maximum atomic E-state index is 12.2. The Kier molecular flexibility index (Phi) is 3.67. The molecule has 0 aromatic heterocycles. The van der Waals surface area contributed by atoms with Gasteiger partial charge in [-0.1, -0.05) is 60.7 Å². The first-order valence-electron chi connectivity index (χ1n) is 6.84. The minimum Gasteiger partial charge on any atom is -0.324 e. The van der Waals surface area contributed by atoms with E-state index in [1.165, 1.54) is 0 Å². The van der Waals surface area contributed by atoms with Crippen molar-refractivity contribution in [2.45, 2.75) is 6.04 Å². The Labute approximate surface area is 123 Å². The van der Waals surface area contributed by atoms with Crippen molar-refractivity contribution in [2.24, 2.45) is 5.73 Å². The van der Waals surface area contributed by atoms with Crippen LogP contribution >= 0.6 is 0 Å². The predicted molar refractivity (Wildman–Crippen MR) is 85.9 cm³/mol. The summed E-state index contributed by atoms with van der Waals surface area (Å²) in [7, 11) is 0. The number of nitrogens with one attached hydrogen (secondary N) is 1. The van der Waals surface area contributed by atoms with E-state index in [-0.39, 0.29) is 5.91 Å². The zero-order chi connectivity index (χ0) is 14.7. The number of hydrogen-bond donors (Lipinski definition) is 2. The zero-order valence-corrected chi connectivity index (χ0v) is 11.5. The Bertz CT molecular complexity index is 768. The average Bonchev–Trinajstić information content (AvgIpc) is 2.55. The van der Waals surface area contributed by atoms with Crippen LogP contribution in [0.1, 0.15) is 11.6 Å². The van der Waals surface area contributed by atoms with Crippen LogP contribution in [0.3, 0.4) is 0 Å². The summed E-state index contributed by atoms with van der Waals surface area (Å²) in [5, 5.41) is 5.10. The van der Waals surface area contributed by atoms with Crippen molar-refractivity contribution in [2.75, 3.05) is 5.32 Å². The largest absolute Gasteiger partial charge is 0.324 e. The molecule has 0 fully saturated rings. The van der Waals surface area contributed by atoms with Crippen molar-refractivity contribution in [3.05, 3.63) is 78.4 Å². The van der Waals surface area contributed by atoms with Gasteiger partial charge in [0.25, 0.3) is 0 Å². The van der Waals surface area contributed by atoms with E-state index >= 15 is 0 Å². The van der Waals surface area contributed by atoms with Crippen LogP contribution in [-0.4, -0.2) is 5.91 Å². The van der Waals surface area contributed by atoms with E-state index in [1.807, 2.05) is 72.8 Å². The van der Waals surface area contributed by atoms with Crippen LogP contribution in [0.2, 0.25) is 0 Å². The smallest absolute Gasteiger partial charge is 0.245 e. The summed E-state index contributed by atoms with van der Waals surface area (Å²) >= 11 is 0. The summed E-state index contributed by atoms with van der Waals surface area (Å²) in [6.45, 7) is 0. The SMILES string of the molecule is N[C@H](C(=O)Nc1ccc2ccccc2c1)c1ccccc1. The number of amides is 1. The molecule has 3 rings (SSSR count). The molecule has 3 aromatic carbocycles. The Morgan fingerprint density at radius 3 is 2.29 bits per heavy atom. The van der Waals surface area contributed by atoms with Gasteiger partial charge in [0, 0.05) is 5.69 Å². The molecule has 1 atom stereocenters. The highest BCUT2D eigenvalue weighted by Gasteiger charge is 2.15. The van der Waals surface area contributed by atoms with Gasteiger partial charge < -0.3 is 11.1 Å². The van der Waals surface area contributed by atoms with Crippen molar-refractivity contribution >= 4 is 22.4 Å². The van der Waals surface area contributed by atoms with E-state index in [0.29, 0.717) is 0 Å². The molecule has 21 heavy (non-hydrogen) atoms. The molecule has 0 unspecified atom stereocenters. The van der Waals surface area contributed by atoms with E-state index in [2.05, 4.69) is 5.32 Å². The third-order valence-corrected chi connectivity index (χ3v) is 3.46. The third kappa shape index (κ3) is 2.93. The van der Waals surface area contributed by atoms with Gasteiger partial charge in [0.15, 0.2) is 0 Å². The maximum Gasteiger partial charge on any atom is 0.245 e. The van der Waals surface area contributed by atoms with Crippen LogP contribution in [0.15, 0.2) is 72.8 Å². The van der Waals surface area contributed by atoms with Crippen molar-refractivity contribution < 1.29 is 4.79 Å². The summed E-state index contributed by atoms with van der Waals surface area (Å²) in [6, 6.07) is 22.5. The van der Waals surface area contributed by atoms with Crippen LogP contribution in [0, 0.1) is 0 Å². The fourth-order valence-electron chi connectivity index (χ4n) is 2.30. The van der Waals surface area contributed by atoms with Crippen molar-refractivity contribution in [3.8, 4) is 0 Å².